The minimum absolute atomic E-state index is 0.0841. The smallest absolute Gasteiger partial charge is 0.0542 e. The van der Waals surface area contributed by atoms with Crippen molar-refractivity contribution in [1.82, 2.24) is 4.57 Å². The third-order valence-electron chi connectivity index (χ3n) is 11.9. The molecule has 0 bridgehead atoms. The molecule has 260 valence electrons. The third kappa shape index (κ3) is 5.24. The van der Waals surface area contributed by atoms with E-state index in [9.17, 15) is 0 Å². The van der Waals surface area contributed by atoms with E-state index in [-0.39, 0.29) is 5.41 Å². The van der Waals surface area contributed by atoms with Crippen LogP contribution in [0.15, 0.2) is 188 Å². The van der Waals surface area contributed by atoms with E-state index in [1.54, 1.807) is 0 Å². The van der Waals surface area contributed by atoms with Gasteiger partial charge in [0.2, 0.25) is 0 Å². The van der Waals surface area contributed by atoms with Crippen molar-refractivity contribution in [2.24, 2.45) is 5.92 Å². The van der Waals surface area contributed by atoms with Crippen LogP contribution in [0.1, 0.15) is 36.5 Å². The summed E-state index contributed by atoms with van der Waals surface area (Å²) in [6.45, 7) is 6.99. The van der Waals surface area contributed by atoms with E-state index in [0.717, 1.165) is 17.1 Å². The Hall–Kier alpha value is -6.38. The van der Waals surface area contributed by atoms with E-state index in [1.807, 2.05) is 0 Å². The largest absolute Gasteiger partial charge is 0.310 e. The van der Waals surface area contributed by atoms with Crippen molar-refractivity contribution in [1.29, 1.82) is 0 Å². The standard InChI is InChI=1S/C52H42N2/c1-35-18-30-50-46(32-35)47-34-43(28-31-51(47)54(50)40-14-8-5-9-15-40)53(41-24-19-37(20-25-41)36-12-6-4-7-13-36)42-26-21-38(22-27-42)39-23-29-45-44-16-10-11-17-48(44)52(2,3)49(45)33-39/h4-34,44,48H,1-3H3. The van der Waals surface area contributed by atoms with E-state index in [4.69, 9.17) is 0 Å². The van der Waals surface area contributed by atoms with E-state index in [0.29, 0.717) is 11.8 Å². The van der Waals surface area contributed by atoms with Gasteiger partial charge in [0.15, 0.2) is 0 Å². The van der Waals surface area contributed by atoms with E-state index in [1.165, 1.54) is 66.4 Å². The summed E-state index contributed by atoms with van der Waals surface area (Å²) in [4.78, 5) is 2.40. The summed E-state index contributed by atoms with van der Waals surface area (Å²) in [6.07, 6.45) is 9.21. The van der Waals surface area contributed by atoms with Gasteiger partial charge in [-0.3, -0.25) is 0 Å². The molecule has 54 heavy (non-hydrogen) atoms. The summed E-state index contributed by atoms with van der Waals surface area (Å²) in [6, 6.07) is 60.3. The highest BCUT2D eigenvalue weighted by atomic mass is 15.1. The van der Waals surface area contributed by atoms with Crippen LogP contribution >= 0.6 is 0 Å². The van der Waals surface area contributed by atoms with Crippen LogP contribution < -0.4 is 4.90 Å². The normalized spacial score (nSPS) is 16.8. The predicted molar refractivity (Wildman–Crippen MR) is 229 cm³/mol. The fourth-order valence-corrected chi connectivity index (χ4v) is 9.16. The molecule has 2 unspecified atom stereocenters. The molecule has 0 N–H and O–H groups in total. The molecule has 2 aliphatic rings. The van der Waals surface area contributed by atoms with Crippen LogP contribution in [-0.2, 0) is 5.41 Å². The van der Waals surface area contributed by atoms with Crippen LogP contribution in [0.3, 0.4) is 0 Å². The minimum atomic E-state index is 0.0841. The molecule has 2 atom stereocenters. The second-order valence-electron chi connectivity index (χ2n) is 15.5. The van der Waals surface area contributed by atoms with Crippen molar-refractivity contribution in [2.45, 2.75) is 32.1 Å². The lowest BCUT2D eigenvalue weighted by atomic mass is 9.74. The Morgan fingerprint density at radius 3 is 1.76 bits per heavy atom. The molecule has 0 fully saturated rings. The average molecular weight is 695 g/mol. The number of aryl methyl sites for hydroxylation is 1. The molecular weight excluding hydrogens is 653 g/mol. The van der Waals surface area contributed by atoms with Gasteiger partial charge in [0, 0.05) is 39.4 Å². The molecule has 1 heterocycles. The van der Waals surface area contributed by atoms with E-state index < -0.39 is 0 Å². The van der Waals surface area contributed by atoms with Crippen molar-refractivity contribution in [2.75, 3.05) is 4.90 Å². The SMILES string of the molecule is Cc1ccc2c(c1)c1cc(N(c3ccc(-c4ccccc4)cc3)c3ccc(-c4ccc5c(c4)C(C)(C)C4C=CC=CC54)cc3)ccc1n2-c1ccccc1. The number of anilines is 3. The van der Waals surface area contributed by atoms with Gasteiger partial charge in [0.25, 0.3) is 0 Å². The molecular formula is C52H42N2. The number of rotatable bonds is 6. The lowest BCUT2D eigenvalue weighted by Gasteiger charge is -2.29. The first-order valence-corrected chi connectivity index (χ1v) is 19.1. The van der Waals surface area contributed by atoms with Gasteiger partial charge in [0.1, 0.15) is 0 Å². The third-order valence-corrected chi connectivity index (χ3v) is 11.9. The number of hydrogen-bond donors (Lipinski definition) is 0. The summed E-state index contributed by atoms with van der Waals surface area (Å²) >= 11 is 0. The summed E-state index contributed by atoms with van der Waals surface area (Å²) in [5.41, 5.74) is 16.1. The molecule has 7 aromatic carbocycles. The minimum Gasteiger partial charge on any atom is -0.310 e. The molecule has 10 rings (SSSR count). The van der Waals surface area contributed by atoms with Crippen molar-refractivity contribution in [3.63, 3.8) is 0 Å². The van der Waals surface area contributed by atoms with Gasteiger partial charge in [-0.1, -0.05) is 141 Å². The highest BCUT2D eigenvalue weighted by molar-refractivity contribution is 6.11. The highest BCUT2D eigenvalue weighted by Gasteiger charge is 2.44. The predicted octanol–water partition coefficient (Wildman–Crippen LogP) is 14.0. The van der Waals surface area contributed by atoms with Crippen LogP contribution in [0, 0.1) is 12.8 Å². The molecule has 0 amide bonds. The number of fused-ring (bicyclic) bond motifs is 6. The van der Waals surface area contributed by atoms with Crippen LogP contribution in [-0.4, -0.2) is 4.57 Å². The molecule has 0 aliphatic heterocycles. The molecule has 2 aliphatic carbocycles. The molecule has 0 saturated heterocycles. The number of allylic oxidation sites excluding steroid dienone is 4. The lowest BCUT2D eigenvalue weighted by Crippen LogP contribution is -2.24. The molecule has 0 spiro atoms. The fraction of sp³-hybridized carbons (Fsp3) is 0.115. The number of hydrogen-bond acceptors (Lipinski definition) is 1. The summed E-state index contributed by atoms with van der Waals surface area (Å²) < 4.78 is 2.39. The van der Waals surface area contributed by atoms with Crippen molar-refractivity contribution < 1.29 is 0 Å². The zero-order valence-corrected chi connectivity index (χ0v) is 30.9. The Labute approximate surface area is 318 Å². The molecule has 0 saturated carbocycles. The fourth-order valence-electron chi connectivity index (χ4n) is 9.16. The molecule has 1 aromatic heterocycles. The van der Waals surface area contributed by atoms with Gasteiger partial charge < -0.3 is 9.47 Å². The first kappa shape index (κ1) is 32.3. The Balaban J connectivity index is 1.09. The Kier molecular flexibility index (Phi) is 7.56. The first-order chi connectivity index (χ1) is 26.4. The summed E-state index contributed by atoms with van der Waals surface area (Å²) in [5.74, 6) is 0.959. The molecule has 2 heteroatoms. The maximum Gasteiger partial charge on any atom is 0.0542 e. The Morgan fingerprint density at radius 1 is 0.500 bits per heavy atom. The van der Waals surface area contributed by atoms with Crippen LogP contribution in [0.25, 0.3) is 49.7 Å². The molecule has 0 radical (unpaired) electrons. The second-order valence-corrected chi connectivity index (χ2v) is 15.5. The van der Waals surface area contributed by atoms with Crippen LogP contribution in [0.2, 0.25) is 0 Å². The van der Waals surface area contributed by atoms with Crippen molar-refractivity contribution in [3.05, 3.63) is 205 Å². The van der Waals surface area contributed by atoms with E-state index >= 15 is 0 Å². The number of aromatic nitrogens is 1. The maximum atomic E-state index is 2.45. The quantitative estimate of drug-likeness (QED) is 0.168. The Morgan fingerprint density at radius 2 is 1.06 bits per heavy atom. The molecule has 2 nitrogen and oxygen atoms in total. The van der Waals surface area contributed by atoms with Gasteiger partial charge in [-0.15, -0.1) is 0 Å². The van der Waals surface area contributed by atoms with Crippen molar-refractivity contribution in [3.8, 4) is 27.9 Å². The second kappa shape index (κ2) is 12.6. The average Bonchev–Trinajstić information content (AvgIpc) is 3.66. The van der Waals surface area contributed by atoms with Gasteiger partial charge in [0.05, 0.1) is 11.0 Å². The van der Waals surface area contributed by atoms with Crippen LogP contribution in [0.4, 0.5) is 17.1 Å². The van der Waals surface area contributed by atoms with Gasteiger partial charge in [-0.05, 0) is 118 Å². The zero-order valence-electron chi connectivity index (χ0n) is 30.9. The van der Waals surface area contributed by atoms with Gasteiger partial charge in [-0.2, -0.15) is 0 Å². The van der Waals surface area contributed by atoms with Gasteiger partial charge >= 0.3 is 0 Å². The first-order valence-electron chi connectivity index (χ1n) is 19.1. The topological polar surface area (TPSA) is 8.17 Å². The summed E-state index contributed by atoms with van der Waals surface area (Å²) in [5, 5.41) is 2.50. The van der Waals surface area contributed by atoms with E-state index in [2.05, 4.69) is 218 Å². The van der Waals surface area contributed by atoms with Crippen molar-refractivity contribution >= 4 is 38.9 Å². The lowest BCUT2D eigenvalue weighted by molar-refractivity contribution is 0.394. The monoisotopic (exact) mass is 694 g/mol. The number of para-hydroxylation sites is 1. The highest BCUT2D eigenvalue weighted by Crippen LogP contribution is 2.53. The van der Waals surface area contributed by atoms with Gasteiger partial charge in [-0.25, -0.2) is 0 Å². The summed E-state index contributed by atoms with van der Waals surface area (Å²) in [7, 11) is 0. The zero-order chi connectivity index (χ0) is 36.4. The maximum absolute atomic E-state index is 2.45. The number of benzene rings is 7. The molecule has 8 aromatic rings. The number of nitrogens with zero attached hydrogens (tertiary/aromatic N) is 2. The Bertz CT molecular complexity index is 2730. The van der Waals surface area contributed by atoms with Crippen LogP contribution in [0.5, 0.6) is 0 Å².